The van der Waals surface area contributed by atoms with Gasteiger partial charge in [-0.05, 0) is 26.4 Å². The van der Waals surface area contributed by atoms with Gasteiger partial charge in [-0.1, -0.05) is 0 Å². The Bertz CT molecular complexity index is 184. The van der Waals surface area contributed by atoms with Crippen LogP contribution in [0.25, 0.3) is 0 Å². The third-order valence-corrected chi connectivity index (χ3v) is 2.68. The zero-order valence-electron chi connectivity index (χ0n) is 8.71. The Morgan fingerprint density at radius 3 is 2.85 bits per heavy atom. The summed E-state index contributed by atoms with van der Waals surface area (Å²) >= 11 is 0. The van der Waals surface area contributed by atoms with Crippen LogP contribution in [0.1, 0.15) is 12.8 Å². The number of nitrogens with zero attached hydrogens (tertiary/aromatic N) is 2. The van der Waals surface area contributed by atoms with Crippen molar-refractivity contribution < 1.29 is 4.79 Å². The first kappa shape index (κ1) is 10.3. The number of likely N-dealkylation sites (tertiary alicyclic amines) is 1. The maximum absolute atomic E-state index is 11.3. The van der Waals surface area contributed by atoms with Crippen molar-refractivity contribution in [2.24, 2.45) is 0 Å². The highest BCUT2D eigenvalue weighted by Gasteiger charge is 2.23. The lowest BCUT2D eigenvalue weighted by Gasteiger charge is -2.35. The molecular formula is C9H19N3O. The minimum absolute atomic E-state index is 0.0142. The quantitative estimate of drug-likeness (QED) is 0.640. The average Bonchev–Trinajstić information content (AvgIpc) is 2.15. The van der Waals surface area contributed by atoms with Crippen molar-refractivity contribution in [3.05, 3.63) is 0 Å². The third-order valence-electron chi connectivity index (χ3n) is 2.68. The van der Waals surface area contributed by atoms with Gasteiger partial charge in [0, 0.05) is 26.7 Å². The molecule has 1 rings (SSSR count). The fourth-order valence-corrected chi connectivity index (χ4v) is 1.80. The molecule has 0 aromatic rings. The molecule has 0 spiro atoms. The maximum Gasteiger partial charge on any atom is 0.317 e. The smallest absolute Gasteiger partial charge is 0.317 e. The van der Waals surface area contributed by atoms with E-state index in [4.69, 9.17) is 0 Å². The Kier molecular flexibility index (Phi) is 3.54. The van der Waals surface area contributed by atoms with Gasteiger partial charge in [0.05, 0.1) is 0 Å². The van der Waals surface area contributed by atoms with Gasteiger partial charge in [0.25, 0.3) is 0 Å². The summed E-state index contributed by atoms with van der Waals surface area (Å²) in [6, 6.07) is 0.388. The molecule has 0 radical (unpaired) electrons. The number of likely N-dealkylation sites (N-methyl/N-ethyl adjacent to an activating group) is 2. The average molecular weight is 185 g/mol. The Balaban J connectivity index is 2.45. The number of carbonyl (C=O) groups excluding carboxylic acids is 1. The Hall–Kier alpha value is -0.770. The van der Waals surface area contributed by atoms with Crippen LogP contribution in [-0.4, -0.2) is 56.1 Å². The van der Waals surface area contributed by atoms with Crippen molar-refractivity contribution in [2.45, 2.75) is 18.9 Å². The highest BCUT2D eigenvalue weighted by Crippen LogP contribution is 2.12. The molecule has 0 saturated carbocycles. The summed E-state index contributed by atoms with van der Waals surface area (Å²) in [7, 11) is 5.64. The van der Waals surface area contributed by atoms with Gasteiger partial charge in [-0.15, -0.1) is 0 Å². The Labute approximate surface area is 79.9 Å². The summed E-state index contributed by atoms with van der Waals surface area (Å²) in [5.74, 6) is 0. The van der Waals surface area contributed by atoms with Crippen LogP contribution in [0.5, 0.6) is 0 Å². The van der Waals surface area contributed by atoms with Crippen LogP contribution in [0.2, 0.25) is 0 Å². The van der Waals surface area contributed by atoms with E-state index in [-0.39, 0.29) is 6.03 Å². The van der Waals surface area contributed by atoms with Crippen molar-refractivity contribution in [1.29, 1.82) is 0 Å². The number of hydrogen-bond donors (Lipinski definition) is 1. The van der Waals surface area contributed by atoms with Gasteiger partial charge in [0.1, 0.15) is 0 Å². The molecule has 0 aromatic heterocycles. The first-order chi connectivity index (χ1) is 6.15. The van der Waals surface area contributed by atoms with E-state index in [0.29, 0.717) is 6.04 Å². The second-order valence-electron chi connectivity index (χ2n) is 3.72. The third kappa shape index (κ3) is 2.59. The van der Waals surface area contributed by atoms with E-state index in [1.807, 2.05) is 7.05 Å². The van der Waals surface area contributed by atoms with E-state index >= 15 is 0 Å². The zero-order chi connectivity index (χ0) is 9.84. The summed E-state index contributed by atoms with van der Waals surface area (Å²) in [4.78, 5) is 15.4. The van der Waals surface area contributed by atoms with Crippen LogP contribution in [0.15, 0.2) is 0 Å². The van der Waals surface area contributed by atoms with E-state index < -0.39 is 0 Å². The normalized spacial score (nSPS) is 24.1. The largest absolute Gasteiger partial charge is 0.341 e. The molecule has 2 amide bonds. The van der Waals surface area contributed by atoms with Crippen molar-refractivity contribution in [3.63, 3.8) is 0 Å². The van der Waals surface area contributed by atoms with Crippen molar-refractivity contribution >= 4 is 6.03 Å². The molecule has 1 saturated heterocycles. The minimum Gasteiger partial charge on any atom is -0.341 e. The van der Waals surface area contributed by atoms with Crippen LogP contribution < -0.4 is 5.32 Å². The summed E-state index contributed by atoms with van der Waals surface area (Å²) < 4.78 is 0. The summed E-state index contributed by atoms with van der Waals surface area (Å²) in [5.41, 5.74) is 0. The molecular weight excluding hydrogens is 166 g/mol. The number of piperidine rings is 1. The molecule has 1 aliphatic rings. The lowest BCUT2D eigenvalue weighted by atomic mass is 10.1. The van der Waals surface area contributed by atoms with Gasteiger partial charge in [-0.3, -0.25) is 0 Å². The van der Waals surface area contributed by atoms with Crippen LogP contribution in [0, 0.1) is 0 Å². The van der Waals surface area contributed by atoms with Gasteiger partial charge in [0.15, 0.2) is 0 Å². The Morgan fingerprint density at radius 1 is 1.62 bits per heavy atom. The van der Waals surface area contributed by atoms with E-state index in [1.54, 1.807) is 11.9 Å². The van der Waals surface area contributed by atoms with Gasteiger partial charge >= 0.3 is 6.03 Å². The summed E-state index contributed by atoms with van der Waals surface area (Å²) in [6.07, 6.45) is 2.30. The SMILES string of the molecule is CNC(=O)N(C)[C@H]1CCCN(C)C1. The highest BCUT2D eigenvalue weighted by atomic mass is 16.2. The molecule has 1 atom stereocenters. The van der Waals surface area contributed by atoms with Crippen molar-refractivity contribution in [3.8, 4) is 0 Å². The predicted molar refractivity (Wildman–Crippen MR) is 52.7 cm³/mol. The standard InChI is InChI=1S/C9H19N3O/c1-10-9(13)12(3)8-5-4-6-11(2)7-8/h8H,4-7H2,1-3H3,(H,10,13)/t8-/m0/s1. The van der Waals surface area contributed by atoms with E-state index in [0.717, 1.165) is 19.5 Å². The zero-order valence-corrected chi connectivity index (χ0v) is 8.71. The second-order valence-corrected chi connectivity index (χ2v) is 3.72. The molecule has 76 valence electrons. The van der Waals surface area contributed by atoms with Gasteiger partial charge in [-0.2, -0.15) is 0 Å². The molecule has 13 heavy (non-hydrogen) atoms. The maximum atomic E-state index is 11.3. The lowest BCUT2D eigenvalue weighted by molar-refractivity contribution is 0.142. The molecule has 4 heteroatoms. The lowest BCUT2D eigenvalue weighted by Crippen LogP contribution is -2.49. The number of amides is 2. The topological polar surface area (TPSA) is 35.6 Å². The van der Waals surface area contributed by atoms with E-state index in [9.17, 15) is 4.79 Å². The molecule has 1 N–H and O–H groups in total. The molecule has 0 bridgehead atoms. The molecule has 1 heterocycles. The fourth-order valence-electron chi connectivity index (χ4n) is 1.80. The van der Waals surface area contributed by atoms with Crippen LogP contribution in [0.4, 0.5) is 4.79 Å². The summed E-state index contributed by atoms with van der Waals surface area (Å²) in [5, 5.41) is 2.65. The number of hydrogen-bond acceptors (Lipinski definition) is 2. The number of carbonyl (C=O) groups is 1. The van der Waals surface area contributed by atoms with Crippen LogP contribution in [0.3, 0.4) is 0 Å². The van der Waals surface area contributed by atoms with Gasteiger partial charge in [-0.25, -0.2) is 4.79 Å². The monoisotopic (exact) mass is 185 g/mol. The van der Waals surface area contributed by atoms with Crippen LogP contribution >= 0.6 is 0 Å². The minimum atomic E-state index is 0.0142. The number of rotatable bonds is 1. The molecule has 0 unspecified atom stereocenters. The van der Waals surface area contributed by atoms with E-state index in [1.165, 1.54) is 6.42 Å². The first-order valence-corrected chi connectivity index (χ1v) is 4.78. The first-order valence-electron chi connectivity index (χ1n) is 4.78. The number of nitrogens with one attached hydrogen (secondary N) is 1. The molecule has 0 aliphatic carbocycles. The second kappa shape index (κ2) is 4.46. The van der Waals surface area contributed by atoms with Gasteiger partial charge in [0.2, 0.25) is 0 Å². The molecule has 1 aliphatic heterocycles. The van der Waals surface area contributed by atoms with Gasteiger partial charge < -0.3 is 15.1 Å². The van der Waals surface area contributed by atoms with E-state index in [2.05, 4.69) is 17.3 Å². The Morgan fingerprint density at radius 2 is 2.31 bits per heavy atom. The highest BCUT2D eigenvalue weighted by molar-refractivity contribution is 5.73. The number of urea groups is 1. The van der Waals surface area contributed by atoms with Crippen LogP contribution in [-0.2, 0) is 0 Å². The van der Waals surface area contributed by atoms with Crippen molar-refractivity contribution in [1.82, 2.24) is 15.1 Å². The fraction of sp³-hybridized carbons (Fsp3) is 0.889. The summed E-state index contributed by atoms with van der Waals surface area (Å²) in [6.45, 7) is 2.14. The molecule has 1 fully saturated rings. The molecule has 0 aromatic carbocycles. The predicted octanol–water partition coefficient (Wildman–Crippen LogP) is 0.352. The molecule has 4 nitrogen and oxygen atoms in total. The van der Waals surface area contributed by atoms with Crippen molar-refractivity contribution in [2.75, 3.05) is 34.2 Å².